The van der Waals surface area contributed by atoms with Gasteiger partial charge in [-0.05, 0) is 51.8 Å². The fourth-order valence-corrected chi connectivity index (χ4v) is 5.90. The minimum Gasteiger partial charge on any atom is -0.465 e. The first kappa shape index (κ1) is 23.9. The molecule has 1 amide bonds. The predicted octanol–water partition coefficient (Wildman–Crippen LogP) is 5.18. The molecule has 1 aliphatic heterocycles. The summed E-state index contributed by atoms with van der Waals surface area (Å²) < 4.78 is 5.07. The van der Waals surface area contributed by atoms with Crippen molar-refractivity contribution in [2.75, 3.05) is 12.4 Å². The first-order valence-corrected chi connectivity index (χ1v) is 11.9. The molecule has 7 heteroatoms. The predicted molar refractivity (Wildman–Crippen MR) is 134 cm³/mol. The average Bonchev–Trinajstić information content (AvgIpc) is 3.15. The van der Waals surface area contributed by atoms with E-state index >= 15 is 0 Å². The van der Waals surface area contributed by atoms with E-state index in [1.54, 1.807) is 36.4 Å². The number of hydrogen-bond donors (Lipinski definition) is 2. The van der Waals surface area contributed by atoms with E-state index in [4.69, 9.17) is 4.74 Å². The van der Waals surface area contributed by atoms with Crippen LogP contribution in [0.2, 0.25) is 0 Å². The van der Waals surface area contributed by atoms with E-state index in [0.717, 1.165) is 10.4 Å². The zero-order valence-corrected chi connectivity index (χ0v) is 20.8. The van der Waals surface area contributed by atoms with Gasteiger partial charge in [-0.1, -0.05) is 42.5 Å². The van der Waals surface area contributed by atoms with Crippen LogP contribution in [0.5, 0.6) is 0 Å². The molecule has 0 aliphatic carbocycles. The topological polar surface area (TPSA) is 84.5 Å². The highest BCUT2D eigenvalue weighted by atomic mass is 32.1. The minimum atomic E-state index is -0.467. The Morgan fingerprint density at radius 2 is 1.50 bits per heavy atom. The van der Waals surface area contributed by atoms with E-state index in [-0.39, 0.29) is 22.8 Å². The number of nitrogens with one attached hydrogen (secondary N) is 2. The number of hydrogen-bond acceptors (Lipinski definition) is 6. The molecule has 4 rings (SSSR count). The lowest BCUT2D eigenvalue weighted by Crippen LogP contribution is -2.55. The van der Waals surface area contributed by atoms with E-state index in [9.17, 15) is 14.4 Å². The van der Waals surface area contributed by atoms with Crippen LogP contribution in [-0.2, 0) is 16.7 Å². The summed E-state index contributed by atoms with van der Waals surface area (Å²) in [6.45, 7) is 8.32. The lowest BCUT2D eigenvalue weighted by atomic mass is 9.81. The number of carbonyl (C=O) groups is 3. The maximum Gasteiger partial charge on any atom is 0.341 e. The van der Waals surface area contributed by atoms with Crippen molar-refractivity contribution in [3.63, 3.8) is 0 Å². The van der Waals surface area contributed by atoms with Crippen LogP contribution in [0.15, 0.2) is 54.6 Å². The maximum absolute atomic E-state index is 13.1. The van der Waals surface area contributed by atoms with Crippen molar-refractivity contribution >= 4 is 34.0 Å². The standard InChI is InChI=1S/C27H28N2O4S/c1-26(2)15-19-20(25(32)33-5)24(34-22(19)27(3,4)29-26)28-23(31)18-13-11-17(12-14-18)21(30)16-9-7-6-8-10-16/h6-14,29H,15H2,1-5H3,(H,28,31). The summed E-state index contributed by atoms with van der Waals surface area (Å²) in [5.41, 5.74) is 2.21. The second kappa shape index (κ2) is 8.81. The molecule has 6 nitrogen and oxygen atoms in total. The Morgan fingerprint density at radius 3 is 2.12 bits per heavy atom. The molecule has 2 aromatic carbocycles. The van der Waals surface area contributed by atoms with Crippen LogP contribution in [0, 0.1) is 0 Å². The third kappa shape index (κ3) is 4.54. The average molecular weight is 477 g/mol. The van der Waals surface area contributed by atoms with Crippen molar-refractivity contribution < 1.29 is 19.1 Å². The number of fused-ring (bicyclic) bond motifs is 1. The number of benzene rings is 2. The van der Waals surface area contributed by atoms with Crippen LogP contribution in [0.1, 0.15) is 74.8 Å². The first-order valence-electron chi connectivity index (χ1n) is 11.1. The van der Waals surface area contributed by atoms with Gasteiger partial charge in [-0.3, -0.25) is 9.59 Å². The quantitative estimate of drug-likeness (QED) is 0.392. The second-order valence-corrected chi connectivity index (χ2v) is 10.7. The zero-order valence-electron chi connectivity index (χ0n) is 19.9. The van der Waals surface area contributed by atoms with Crippen LogP contribution >= 0.6 is 11.3 Å². The molecule has 0 saturated carbocycles. The lowest BCUT2D eigenvalue weighted by molar-refractivity contribution is 0.0600. The third-order valence-corrected chi connectivity index (χ3v) is 7.38. The summed E-state index contributed by atoms with van der Waals surface area (Å²) >= 11 is 1.39. The van der Waals surface area contributed by atoms with Gasteiger partial charge in [0.15, 0.2) is 5.78 Å². The van der Waals surface area contributed by atoms with Gasteiger partial charge >= 0.3 is 5.97 Å². The van der Waals surface area contributed by atoms with E-state index in [2.05, 4.69) is 38.3 Å². The lowest BCUT2D eigenvalue weighted by Gasteiger charge is -2.42. The van der Waals surface area contributed by atoms with Gasteiger partial charge in [0.05, 0.1) is 12.7 Å². The fraction of sp³-hybridized carbons (Fsp3) is 0.296. The van der Waals surface area contributed by atoms with Crippen molar-refractivity contribution in [1.82, 2.24) is 5.32 Å². The van der Waals surface area contributed by atoms with Crippen LogP contribution < -0.4 is 10.6 Å². The first-order chi connectivity index (χ1) is 16.0. The Morgan fingerprint density at radius 1 is 0.912 bits per heavy atom. The molecular weight excluding hydrogens is 448 g/mol. The van der Waals surface area contributed by atoms with E-state index in [0.29, 0.717) is 33.7 Å². The van der Waals surface area contributed by atoms with Gasteiger partial charge in [-0.15, -0.1) is 11.3 Å². The Balaban J connectivity index is 1.63. The van der Waals surface area contributed by atoms with Gasteiger partial charge in [0.2, 0.25) is 0 Å². The number of esters is 1. The number of rotatable bonds is 5. The largest absolute Gasteiger partial charge is 0.465 e. The molecule has 34 heavy (non-hydrogen) atoms. The van der Waals surface area contributed by atoms with Crippen LogP contribution in [0.25, 0.3) is 0 Å². The molecular formula is C27H28N2O4S. The zero-order chi connectivity index (χ0) is 24.7. The van der Waals surface area contributed by atoms with Gasteiger partial charge in [0, 0.05) is 32.6 Å². The second-order valence-electron chi connectivity index (χ2n) is 9.64. The minimum absolute atomic E-state index is 0.108. The molecule has 2 N–H and O–H groups in total. The Hall–Kier alpha value is -3.29. The highest BCUT2D eigenvalue weighted by Crippen LogP contribution is 2.45. The third-order valence-electron chi connectivity index (χ3n) is 5.91. The SMILES string of the molecule is COC(=O)c1c(NC(=O)c2ccc(C(=O)c3ccccc3)cc2)sc2c1CC(C)(C)NC2(C)C. The van der Waals surface area contributed by atoms with Crippen LogP contribution in [0.4, 0.5) is 5.00 Å². The van der Waals surface area contributed by atoms with Crippen molar-refractivity contribution in [3.05, 3.63) is 87.3 Å². The highest BCUT2D eigenvalue weighted by molar-refractivity contribution is 7.17. The molecule has 1 aliphatic rings. The molecule has 0 atom stereocenters. The molecule has 0 bridgehead atoms. The molecule has 1 aromatic heterocycles. The van der Waals surface area contributed by atoms with Crippen molar-refractivity contribution in [2.24, 2.45) is 0 Å². The van der Waals surface area contributed by atoms with Gasteiger partial charge in [-0.2, -0.15) is 0 Å². The van der Waals surface area contributed by atoms with Crippen LogP contribution in [-0.4, -0.2) is 30.3 Å². The molecule has 0 radical (unpaired) electrons. The summed E-state index contributed by atoms with van der Waals surface area (Å²) in [5.74, 6) is -0.929. The number of methoxy groups -OCH3 is 1. The summed E-state index contributed by atoms with van der Waals surface area (Å²) in [6.07, 6.45) is 0.638. The smallest absolute Gasteiger partial charge is 0.341 e. The normalized spacial score (nSPS) is 15.8. The summed E-state index contributed by atoms with van der Waals surface area (Å²) in [6, 6.07) is 15.5. The number of carbonyl (C=O) groups excluding carboxylic acids is 3. The fourth-order valence-electron chi connectivity index (χ4n) is 4.64. The van der Waals surface area contributed by atoms with E-state index < -0.39 is 5.97 Å². The number of amides is 1. The summed E-state index contributed by atoms with van der Waals surface area (Å²) in [5, 5.41) is 7.00. The van der Waals surface area contributed by atoms with Gasteiger partial charge in [0.25, 0.3) is 5.91 Å². The Labute approximate surface area is 203 Å². The molecule has 0 unspecified atom stereocenters. The van der Waals surface area contributed by atoms with Crippen molar-refractivity contribution in [3.8, 4) is 0 Å². The molecule has 0 spiro atoms. The van der Waals surface area contributed by atoms with Gasteiger partial charge in [-0.25, -0.2) is 4.79 Å². The van der Waals surface area contributed by atoms with Crippen LogP contribution in [0.3, 0.4) is 0 Å². The molecule has 3 aromatic rings. The summed E-state index contributed by atoms with van der Waals surface area (Å²) in [7, 11) is 1.35. The molecule has 2 heterocycles. The van der Waals surface area contributed by atoms with Crippen molar-refractivity contribution in [2.45, 2.75) is 45.2 Å². The van der Waals surface area contributed by atoms with E-state index in [1.165, 1.54) is 18.4 Å². The highest BCUT2D eigenvalue weighted by Gasteiger charge is 2.42. The number of anilines is 1. The number of thiophene rings is 1. The van der Waals surface area contributed by atoms with Gasteiger partial charge in [0.1, 0.15) is 5.00 Å². The Kier molecular flexibility index (Phi) is 6.18. The van der Waals surface area contributed by atoms with E-state index in [1.807, 2.05) is 18.2 Å². The van der Waals surface area contributed by atoms with Gasteiger partial charge < -0.3 is 15.4 Å². The maximum atomic E-state index is 13.1. The monoisotopic (exact) mass is 476 g/mol. The molecule has 176 valence electrons. The van der Waals surface area contributed by atoms with Crippen molar-refractivity contribution in [1.29, 1.82) is 0 Å². The number of ether oxygens (including phenoxy) is 1. The Bertz CT molecular complexity index is 1260. The molecule has 0 fully saturated rings. The number of ketones is 1. The molecule has 0 saturated heterocycles. The summed E-state index contributed by atoms with van der Waals surface area (Å²) in [4.78, 5) is 39.5.